The summed E-state index contributed by atoms with van der Waals surface area (Å²) >= 11 is 5.58. The van der Waals surface area contributed by atoms with Gasteiger partial charge in [-0.15, -0.1) is 0 Å². The largest absolute Gasteiger partial charge is 0.205 e. The molecule has 0 bridgehead atoms. The summed E-state index contributed by atoms with van der Waals surface area (Å²) in [7, 11) is 0. The van der Waals surface area contributed by atoms with Crippen molar-refractivity contribution in [1.29, 1.82) is 0 Å². The molecule has 0 atom stereocenters. The van der Waals surface area contributed by atoms with E-state index in [9.17, 15) is 8.78 Å². The molecule has 0 nitrogen and oxygen atoms in total. The predicted molar refractivity (Wildman–Crippen MR) is 148 cm³/mol. The highest BCUT2D eigenvalue weighted by molar-refractivity contribution is 6.30. The van der Waals surface area contributed by atoms with E-state index in [1.54, 1.807) is 0 Å². The second kappa shape index (κ2) is 13.4. The molecule has 0 aliphatic heterocycles. The van der Waals surface area contributed by atoms with E-state index in [1.165, 1.54) is 92.2 Å². The summed E-state index contributed by atoms with van der Waals surface area (Å²) in [6.45, 7) is 2.24. The summed E-state index contributed by atoms with van der Waals surface area (Å²) in [5.41, 5.74) is 6.17. The van der Waals surface area contributed by atoms with E-state index in [4.69, 9.17) is 11.6 Å². The molecule has 1 aliphatic carbocycles. The molecule has 3 aromatic carbocycles. The second-order valence-electron chi connectivity index (χ2n) is 10.7. The van der Waals surface area contributed by atoms with Gasteiger partial charge in [-0.25, -0.2) is 8.78 Å². The van der Waals surface area contributed by atoms with Gasteiger partial charge >= 0.3 is 0 Å². The van der Waals surface area contributed by atoms with Crippen molar-refractivity contribution >= 4 is 11.6 Å². The molecule has 192 valence electrons. The van der Waals surface area contributed by atoms with Crippen LogP contribution in [-0.2, 0) is 32.1 Å². The third kappa shape index (κ3) is 7.90. The number of halogens is 3. The minimum atomic E-state index is -0.687. The average Bonchev–Trinajstić information content (AvgIpc) is 2.90. The molecule has 36 heavy (non-hydrogen) atoms. The Labute approximate surface area is 221 Å². The van der Waals surface area contributed by atoms with Crippen LogP contribution in [0.4, 0.5) is 8.78 Å². The van der Waals surface area contributed by atoms with Crippen LogP contribution < -0.4 is 0 Å². The van der Waals surface area contributed by atoms with Crippen LogP contribution in [0.15, 0.2) is 60.7 Å². The number of rotatable bonds is 11. The highest BCUT2D eigenvalue weighted by atomic mass is 35.5. The highest BCUT2D eigenvalue weighted by Gasteiger charge is 2.21. The molecular formula is C33H39ClF2. The van der Waals surface area contributed by atoms with Crippen LogP contribution in [0.5, 0.6) is 0 Å². The van der Waals surface area contributed by atoms with Gasteiger partial charge in [-0.1, -0.05) is 99.2 Å². The van der Waals surface area contributed by atoms with Crippen LogP contribution in [-0.4, -0.2) is 0 Å². The molecule has 0 radical (unpaired) electrons. The molecule has 0 saturated heterocycles. The van der Waals surface area contributed by atoms with Crippen LogP contribution in [0.3, 0.4) is 0 Å². The minimum Gasteiger partial charge on any atom is -0.205 e. The Morgan fingerprint density at radius 2 is 0.944 bits per heavy atom. The van der Waals surface area contributed by atoms with Gasteiger partial charge in [-0.05, 0) is 96.7 Å². The van der Waals surface area contributed by atoms with Crippen molar-refractivity contribution in [1.82, 2.24) is 0 Å². The minimum absolute atomic E-state index is 0.426. The first kappa shape index (κ1) is 26.9. The standard InChI is InChI=1S/C33H39ClF2/c1-2-3-24-4-6-25(7-5-24)8-9-26-10-12-27(13-11-26)14-15-28-16-18-29(19-17-28)20-21-30-22-31(35)33(34)32(36)23-30/h4-7,16-19,22-23,26-27H,2-3,8-15,20-21H2,1H3/t26-,27-. The quantitative estimate of drug-likeness (QED) is 0.226. The fourth-order valence-corrected chi connectivity index (χ4v) is 5.73. The Morgan fingerprint density at radius 1 is 0.583 bits per heavy atom. The molecule has 3 heteroatoms. The van der Waals surface area contributed by atoms with E-state index in [0.29, 0.717) is 12.0 Å². The number of hydrogen-bond donors (Lipinski definition) is 0. The van der Waals surface area contributed by atoms with Gasteiger partial charge in [0, 0.05) is 0 Å². The van der Waals surface area contributed by atoms with Gasteiger partial charge in [0.15, 0.2) is 0 Å². The molecule has 0 aromatic heterocycles. The molecule has 0 heterocycles. The van der Waals surface area contributed by atoms with Crippen molar-refractivity contribution < 1.29 is 8.78 Å². The number of benzene rings is 3. The smallest absolute Gasteiger partial charge is 0.145 e. The zero-order valence-corrected chi connectivity index (χ0v) is 22.3. The summed E-state index contributed by atoms with van der Waals surface area (Å²) in [5.74, 6) is 0.365. The molecular weight excluding hydrogens is 470 g/mol. The van der Waals surface area contributed by atoms with Gasteiger partial charge in [-0.2, -0.15) is 0 Å². The van der Waals surface area contributed by atoms with E-state index < -0.39 is 16.7 Å². The van der Waals surface area contributed by atoms with Gasteiger partial charge < -0.3 is 0 Å². The summed E-state index contributed by atoms with van der Waals surface area (Å²) in [4.78, 5) is 0. The average molecular weight is 509 g/mol. The zero-order chi connectivity index (χ0) is 25.3. The lowest BCUT2D eigenvalue weighted by molar-refractivity contribution is 0.253. The van der Waals surface area contributed by atoms with Crippen LogP contribution in [0.25, 0.3) is 0 Å². The monoisotopic (exact) mass is 508 g/mol. The molecule has 0 spiro atoms. The highest BCUT2D eigenvalue weighted by Crippen LogP contribution is 2.34. The van der Waals surface area contributed by atoms with E-state index in [2.05, 4.69) is 55.5 Å². The van der Waals surface area contributed by atoms with Crippen molar-refractivity contribution in [3.8, 4) is 0 Å². The summed E-state index contributed by atoms with van der Waals surface area (Å²) in [5, 5.41) is -0.426. The summed E-state index contributed by atoms with van der Waals surface area (Å²) in [6.07, 6.45) is 14.2. The molecule has 0 amide bonds. The maximum Gasteiger partial charge on any atom is 0.145 e. The Morgan fingerprint density at radius 3 is 1.36 bits per heavy atom. The molecule has 0 N–H and O–H groups in total. The fraction of sp³-hybridized carbons (Fsp3) is 0.455. The maximum atomic E-state index is 13.6. The van der Waals surface area contributed by atoms with Gasteiger partial charge in [0.25, 0.3) is 0 Å². The Kier molecular flexibility index (Phi) is 9.98. The number of aryl methyl sites for hydroxylation is 5. The van der Waals surface area contributed by atoms with Crippen LogP contribution in [0.2, 0.25) is 5.02 Å². The Hall–Kier alpha value is -2.19. The van der Waals surface area contributed by atoms with Gasteiger partial charge in [0.1, 0.15) is 16.7 Å². The van der Waals surface area contributed by atoms with E-state index in [1.807, 2.05) is 0 Å². The molecule has 0 unspecified atom stereocenters. The van der Waals surface area contributed by atoms with Gasteiger partial charge in [0.2, 0.25) is 0 Å². The van der Waals surface area contributed by atoms with Crippen molar-refractivity contribution in [2.24, 2.45) is 11.8 Å². The van der Waals surface area contributed by atoms with Crippen molar-refractivity contribution in [3.63, 3.8) is 0 Å². The third-order valence-corrected chi connectivity index (χ3v) is 8.34. The molecule has 4 rings (SSSR count). The van der Waals surface area contributed by atoms with E-state index in [-0.39, 0.29) is 0 Å². The maximum absolute atomic E-state index is 13.6. The van der Waals surface area contributed by atoms with Gasteiger partial charge in [-0.3, -0.25) is 0 Å². The summed E-state index contributed by atoms with van der Waals surface area (Å²) in [6, 6.07) is 20.7. The number of hydrogen-bond acceptors (Lipinski definition) is 0. The Bertz CT molecular complexity index is 1060. The van der Waals surface area contributed by atoms with Crippen LogP contribution in [0, 0.1) is 23.5 Å². The van der Waals surface area contributed by atoms with Crippen molar-refractivity contribution in [2.75, 3.05) is 0 Å². The molecule has 3 aromatic rings. The molecule has 1 saturated carbocycles. The second-order valence-corrected chi connectivity index (χ2v) is 11.1. The first-order valence-electron chi connectivity index (χ1n) is 13.8. The van der Waals surface area contributed by atoms with E-state index >= 15 is 0 Å². The van der Waals surface area contributed by atoms with Crippen molar-refractivity contribution in [3.05, 3.63) is 105 Å². The molecule has 1 fully saturated rings. The normalized spacial score (nSPS) is 17.9. The predicted octanol–water partition coefficient (Wildman–Crippen LogP) is 9.73. The first-order valence-corrected chi connectivity index (χ1v) is 14.2. The van der Waals surface area contributed by atoms with Crippen LogP contribution in [0.1, 0.15) is 79.7 Å². The van der Waals surface area contributed by atoms with E-state index in [0.717, 1.165) is 24.7 Å². The van der Waals surface area contributed by atoms with Crippen molar-refractivity contribution in [2.45, 2.75) is 84.0 Å². The third-order valence-electron chi connectivity index (χ3n) is 7.98. The topological polar surface area (TPSA) is 0 Å². The Balaban J connectivity index is 1.14. The van der Waals surface area contributed by atoms with Crippen LogP contribution >= 0.6 is 11.6 Å². The lowest BCUT2D eigenvalue weighted by atomic mass is 9.77. The fourth-order valence-electron chi connectivity index (χ4n) is 5.63. The zero-order valence-electron chi connectivity index (χ0n) is 21.5. The van der Waals surface area contributed by atoms with Gasteiger partial charge in [0.05, 0.1) is 0 Å². The molecule has 1 aliphatic rings. The lowest BCUT2D eigenvalue weighted by Crippen LogP contribution is -2.15. The SMILES string of the molecule is CCCc1ccc(CC[C@H]2CC[C@H](CCc3ccc(CCc4cc(F)c(Cl)c(F)c4)cc3)CC2)cc1. The first-order chi connectivity index (χ1) is 17.5. The summed E-state index contributed by atoms with van der Waals surface area (Å²) < 4.78 is 27.3. The lowest BCUT2D eigenvalue weighted by Gasteiger charge is -2.28.